The summed E-state index contributed by atoms with van der Waals surface area (Å²) in [4.78, 5) is 23.7. The third kappa shape index (κ3) is 5.28. The molecular formula is C24H32N6O. The van der Waals surface area contributed by atoms with E-state index in [4.69, 9.17) is 0 Å². The molecule has 3 heterocycles. The molecule has 3 aromatic rings. The number of nitrogens with zero attached hydrogens (tertiary/aromatic N) is 5. The molecule has 4 rings (SSSR count). The molecule has 0 radical (unpaired) electrons. The van der Waals surface area contributed by atoms with Gasteiger partial charge in [0.15, 0.2) is 5.82 Å². The highest BCUT2D eigenvalue weighted by molar-refractivity contribution is 5.91. The Morgan fingerprint density at radius 3 is 2.71 bits per heavy atom. The topological polar surface area (TPSA) is 75.4 Å². The van der Waals surface area contributed by atoms with Crippen molar-refractivity contribution in [3.63, 3.8) is 0 Å². The molecule has 0 saturated carbocycles. The van der Waals surface area contributed by atoms with Crippen molar-refractivity contribution in [2.24, 2.45) is 11.8 Å². The van der Waals surface area contributed by atoms with Gasteiger partial charge < -0.3 is 10.2 Å². The molecule has 0 aliphatic carbocycles. The van der Waals surface area contributed by atoms with Crippen LogP contribution in [0.3, 0.4) is 0 Å². The molecule has 2 unspecified atom stereocenters. The van der Waals surface area contributed by atoms with Crippen molar-refractivity contribution in [3.05, 3.63) is 53.1 Å². The molecule has 1 saturated heterocycles. The van der Waals surface area contributed by atoms with E-state index in [0.29, 0.717) is 11.6 Å². The van der Waals surface area contributed by atoms with E-state index in [0.717, 1.165) is 35.3 Å². The van der Waals surface area contributed by atoms with Gasteiger partial charge in [0.25, 0.3) is 5.78 Å². The Morgan fingerprint density at radius 1 is 1.19 bits per heavy atom. The molecule has 2 aromatic heterocycles. The number of nitrogens with one attached hydrogen (secondary N) is 1. The number of carbonyl (C=O) groups excluding carboxylic acids is 1. The van der Waals surface area contributed by atoms with Crippen molar-refractivity contribution in [1.29, 1.82) is 0 Å². The second-order valence-corrected chi connectivity index (χ2v) is 9.03. The van der Waals surface area contributed by atoms with E-state index in [1.165, 1.54) is 31.5 Å². The molecular weight excluding hydrogens is 388 g/mol. The van der Waals surface area contributed by atoms with Crippen LogP contribution in [-0.4, -0.2) is 50.5 Å². The van der Waals surface area contributed by atoms with Gasteiger partial charge in [-0.05, 0) is 82.3 Å². The summed E-state index contributed by atoms with van der Waals surface area (Å²) >= 11 is 0. The minimum absolute atomic E-state index is 0.123. The van der Waals surface area contributed by atoms with Crippen LogP contribution in [0, 0.1) is 25.7 Å². The molecule has 1 fully saturated rings. The van der Waals surface area contributed by atoms with Crippen molar-refractivity contribution in [1.82, 2.24) is 24.5 Å². The first-order valence-electron chi connectivity index (χ1n) is 11.1. The van der Waals surface area contributed by atoms with E-state index in [1.807, 2.05) is 32.0 Å². The Bertz CT molecular complexity index is 1060. The smallest absolute Gasteiger partial charge is 0.252 e. The SMILES string of the molecule is Cc1cc(C)n2nc(CC(=O)Nc3ccc(CCC4CCN(C)CC4C)cc3)nc2n1. The number of piperidine rings is 1. The van der Waals surface area contributed by atoms with E-state index in [-0.39, 0.29) is 12.3 Å². The van der Waals surface area contributed by atoms with Crippen molar-refractivity contribution in [3.8, 4) is 0 Å². The maximum atomic E-state index is 12.5. The summed E-state index contributed by atoms with van der Waals surface area (Å²) in [5, 5.41) is 7.36. The van der Waals surface area contributed by atoms with Gasteiger partial charge in [0.05, 0.1) is 6.42 Å². The molecule has 1 N–H and O–H groups in total. The lowest BCUT2D eigenvalue weighted by Gasteiger charge is -2.34. The summed E-state index contributed by atoms with van der Waals surface area (Å²) in [6.07, 6.45) is 3.73. The lowest BCUT2D eigenvalue weighted by atomic mass is 9.83. The van der Waals surface area contributed by atoms with Crippen LogP contribution in [0.2, 0.25) is 0 Å². The molecule has 2 atom stereocenters. The molecule has 1 aromatic carbocycles. The van der Waals surface area contributed by atoms with Gasteiger partial charge in [0, 0.05) is 23.6 Å². The summed E-state index contributed by atoms with van der Waals surface area (Å²) in [7, 11) is 2.21. The van der Waals surface area contributed by atoms with E-state index in [9.17, 15) is 4.79 Å². The molecule has 0 bridgehead atoms. The monoisotopic (exact) mass is 420 g/mol. The molecule has 7 nitrogen and oxygen atoms in total. The highest BCUT2D eigenvalue weighted by Gasteiger charge is 2.23. The maximum absolute atomic E-state index is 12.5. The first kappa shape index (κ1) is 21.4. The highest BCUT2D eigenvalue weighted by atomic mass is 16.1. The second-order valence-electron chi connectivity index (χ2n) is 9.03. The molecule has 1 amide bonds. The van der Waals surface area contributed by atoms with E-state index >= 15 is 0 Å². The number of benzene rings is 1. The molecule has 31 heavy (non-hydrogen) atoms. The first-order valence-corrected chi connectivity index (χ1v) is 11.1. The fourth-order valence-corrected chi connectivity index (χ4v) is 4.57. The fraction of sp³-hybridized carbons (Fsp3) is 0.500. The van der Waals surface area contributed by atoms with Crippen LogP contribution in [0.25, 0.3) is 5.78 Å². The van der Waals surface area contributed by atoms with Crippen LogP contribution in [0.5, 0.6) is 0 Å². The number of hydrogen-bond acceptors (Lipinski definition) is 5. The van der Waals surface area contributed by atoms with Crippen molar-refractivity contribution in [2.75, 3.05) is 25.5 Å². The number of fused-ring (bicyclic) bond motifs is 1. The Balaban J connectivity index is 1.30. The maximum Gasteiger partial charge on any atom is 0.252 e. The standard InChI is InChI=1S/C24H32N6O/c1-16-15-29(4)12-11-20(16)8-5-19-6-9-21(10-7-19)26-23(31)14-22-27-24-25-17(2)13-18(3)30(24)28-22/h6-7,9-10,13,16,20H,5,8,11-12,14-15H2,1-4H3,(H,26,31). The highest BCUT2D eigenvalue weighted by Crippen LogP contribution is 2.27. The van der Waals surface area contributed by atoms with Gasteiger partial charge in [-0.1, -0.05) is 19.1 Å². The Morgan fingerprint density at radius 2 is 1.97 bits per heavy atom. The number of hydrogen-bond donors (Lipinski definition) is 1. The predicted octanol–water partition coefficient (Wildman–Crippen LogP) is 3.44. The molecule has 1 aliphatic heterocycles. The summed E-state index contributed by atoms with van der Waals surface area (Å²) in [6.45, 7) is 8.65. The number of carbonyl (C=O) groups is 1. The van der Waals surface area contributed by atoms with Gasteiger partial charge >= 0.3 is 0 Å². The van der Waals surface area contributed by atoms with Gasteiger partial charge in [-0.15, -0.1) is 5.10 Å². The van der Waals surface area contributed by atoms with Gasteiger partial charge in [0.2, 0.25) is 5.91 Å². The normalized spacial score (nSPS) is 19.6. The third-order valence-corrected chi connectivity index (χ3v) is 6.31. The zero-order valence-electron chi connectivity index (χ0n) is 18.9. The number of anilines is 1. The number of amides is 1. The van der Waals surface area contributed by atoms with Gasteiger partial charge in [-0.2, -0.15) is 4.98 Å². The van der Waals surface area contributed by atoms with Crippen molar-refractivity contribution in [2.45, 2.75) is 46.5 Å². The number of aromatic nitrogens is 4. The number of rotatable bonds is 6. The second kappa shape index (κ2) is 9.14. The average molecular weight is 421 g/mol. The number of aryl methyl sites for hydroxylation is 3. The Hall–Kier alpha value is -2.80. The minimum Gasteiger partial charge on any atom is -0.326 e. The largest absolute Gasteiger partial charge is 0.326 e. The van der Waals surface area contributed by atoms with Crippen LogP contribution in [0.1, 0.15) is 42.5 Å². The molecule has 164 valence electrons. The van der Waals surface area contributed by atoms with E-state index in [2.05, 4.69) is 51.4 Å². The molecule has 1 aliphatic rings. The summed E-state index contributed by atoms with van der Waals surface area (Å²) in [5.74, 6) is 2.44. The number of likely N-dealkylation sites (tertiary alicyclic amines) is 1. The van der Waals surface area contributed by atoms with Gasteiger partial charge in [-0.3, -0.25) is 4.79 Å². The van der Waals surface area contributed by atoms with Crippen LogP contribution < -0.4 is 5.32 Å². The Kier molecular flexibility index (Phi) is 6.32. The minimum atomic E-state index is -0.127. The van der Waals surface area contributed by atoms with Crippen LogP contribution in [-0.2, 0) is 17.6 Å². The van der Waals surface area contributed by atoms with Crippen LogP contribution in [0.15, 0.2) is 30.3 Å². The fourth-order valence-electron chi connectivity index (χ4n) is 4.57. The molecule has 0 spiro atoms. The van der Waals surface area contributed by atoms with E-state index in [1.54, 1.807) is 4.52 Å². The van der Waals surface area contributed by atoms with Crippen molar-refractivity contribution < 1.29 is 4.79 Å². The van der Waals surface area contributed by atoms with Crippen LogP contribution in [0.4, 0.5) is 5.69 Å². The van der Waals surface area contributed by atoms with E-state index < -0.39 is 0 Å². The summed E-state index contributed by atoms with van der Waals surface area (Å²) in [6, 6.07) is 10.2. The average Bonchev–Trinajstić information content (AvgIpc) is 3.11. The third-order valence-electron chi connectivity index (χ3n) is 6.31. The quantitative estimate of drug-likeness (QED) is 0.661. The molecule has 7 heteroatoms. The van der Waals surface area contributed by atoms with Gasteiger partial charge in [0.1, 0.15) is 0 Å². The summed E-state index contributed by atoms with van der Waals surface area (Å²) in [5.41, 5.74) is 3.96. The summed E-state index contributed by atoms with van der Waals surface area (Å²) < 4.78 is 1.68. The lowest BCUT2D eigenvalue weighted by Crippen LogP contribution is -2.36. The zero-order chi connectivity index (χ0) is 22.0. The first-order chi connectivity index (χ1) is 14.9. The van der Waals surface area contributed by atoms with Gasteiger partial charge in [-0.25, -0.2) is 9.50 Å². The van der Waals surface area contributed by atoms with Crippen molar-refractivity contribution >= 4 is 17.4 Å². The zero-order valence-corrected chi connectivity index (χ0v) is 18.9. The lowest BCUT2D eigenvalue weighted by molar-refractivity contribution is -0.115. The van der Waals surface area contributed by atoms with Crippen LogP contribution >= 0.6 is 0 Å². The predicted molar refractivity (Wildman–Crippen MR) is 122 cm³/mol. The Labute approximate surface area is 183 Å².